The second kappa shape index (κ2) is 9.58. The van der Waals surface area contributed by atoms with Gasteiger partial charge in [0.15, 0.2) is 5.11 Å². The van der Waals surface area contributed by atoms with Crippen LogP contribution in [0.25, 0.3) is 0 Å². The zero-order chi connectivity index (χ0) is 20.1. The molecular formula is C20H28ClN5OS. The highest BCUT2D eigenvalue weighted by Gasteiger charge is 2.20. The second-order valence-corrected chi connectivity index (χ2v) is 7.70. The molecule has 0 unspecified atom stereocenters. The summed E-state index contributed by atoms with van der Waals surface area (Å²) in [5.41, 5.74) is 3.02. The number of nitrogens with zero attached hydrogens (tertiary/aromatic N) is 4. The number of aromatic nitrogens is 2. The Morgan fingerprint density at radius 2 is 2.04 bits per heavy atom. The Kier molecular flexibility index (Phi) is 7.15. The topological polar surface area (TPSA) is 45.6 Å². The van der Waals surface area contributed by atoms with Gasteiger partial charge in [-0.15, -0.1) is 0 Å². The van der Waals surface area contributed by atoms with E-state index < -0.39 is 0 Å². The van der Waals surface area contributed by atoms with Crippen molar-refractivity contribution in [2.45, 2.75) is 26.8 Å². The highest BCUT2D eigenvalue weighted by atomic mass is 35.5. The van der Waals surface area contributed by atoms with E-state index in [1.165, 1.54) is 0 Å². The third kappa shape index (κ3) is 4.96. The van der Waals surface area contributed by atoms with Gasteiger partial charge in [0, 0.05) is 45.3 Å². The maximum Gasteiger partial charge on any atom is 0.173 e. The van der Waals surface area contributed by atoms with Gasteiger partial charge in [-0.05, 0) is 44.6 Å². The summed E-state index contributed by atoms with van der Waals surface area (Å²) in [6.07, 6.45) is 1.05. The molecule has 0 bridgehead atoms. The highest BCUT2D eigenvalue weighted by Crippen LogP contribution is 2.25. The molecule has 1 aromatic carbocycles. The lowest BCUT2D eigenvalue weighted by Crippen LogP contribution is -2.37. The average molecular weight is 422 g/mol. The summed E-state index contributed by atoms with van der Waals surface area (Å²) in [7, 11) is 1.88. The number of anilines is 1. The van der Waals surface area contributed by atoms with Crippen molar-refractivity contribution in [1.82, 2.24) is 19.6 Å². The minimum atomic E-state index is 0.625. The number of hydrogen-bond donors (Lipinski definition) is 1. The lowest BCUT2D eigenvalue weighted by molar-refractivity contribution is 0.277. The predicted octanol–water partition coefficient (Wildman–Crippen LogP) is 3.69. The van der Waals surface area contributed by atoms with Gasteiger partial charge in [-0.25, -0.2) is 0 Å². The number of rotatable bonds is 5. The molecule has 0 amide bonds. The fraction of sp³-hybridized carbons (Fsp3) is 0.500. The van der Waals surface area contributed by atoms with Crippen molar-refractivity contribution in [3.8, 4) is 5.75 Å². The van der Waals surface area contributed by atoms with Crippen LogP contribution in [0, 0.1) is 6.92 Å². The van der Waals surface area contributed by atoms with E-state index >= 15 is 0 Å². The van der Waals surface area contributed by atoms with E-state index in [4.69, 9.17) is 28.6 Å². The summed E-state index contributed by atoms with van der Waals surface area (Å²) < 4.78 is 7.43. The van der Waals surface area contributed by atoms with Gasteiger partial charge in [0.05, 0.1) is 18.0 Å². The van der Waals surface area contributed by atoms with Crippen LogP contribution in [-0.4, -0.2) is 57.5 Å². The number of benzene rings is 1. The fourth-order valence-corrected chi connectivity index (χ4v) is 3.98. The van der Waals surface area contributed by atoms with Crippen LogP contribution in [0.4, 0.5) is 5.69 Å². The quantitative estimate of drug-likeness (QED) is 0.743. The number of ether oxygens (including phenoxy) is 1. The highest BCUT2D eigenvalue weighted by molar-refractivity contribution is 7.80. The summed E-state index contributed by atoms with van der Waals surface area (Å²) in [6, 6.07) is 7.90. The van der Waals surface area contributed by atoms with Gasteiger partial charge >= 0.3 is 0 Å². The molecule has 3 rings (SSSR count). The van der Waals surface area contributed by atoms with Crippen LogP contribution in [0.5, 0.6) is 5.75 Å². The zero-order valence-corrected chi connectivity index (χ0v) is 18.3. The van der Waals surface area contributed by atoms with Crippen molar-refractivity contribution in [2.75, 3.05) is 38.1 Å². The van der Waals surface area contributed by atoms with Crippen LogP contribution in [-0.2, 0) is 13.6 Å². The average Bonchev–Trinajstić information content (AvgIpc) is 2.84. The Bertz CT molecular complexity index is 825. The van der Waals surface area contributed by atoms with Crippen molar-refractivity contribution in [3.63, 3.8) is 0 Å². The minimum absolute atomic E-state index is 0.625. The van der Waals surface area contributed by atoms with Crippen molar-refractivity contribution < 1.29 is 4.74 Å². The van der Waals surface area contributed by atoms with Gasteiger partial charge in [-0.2, -0.15) is 5.10 Å². The molecule has 1 N–H and O–H groups in total. The Balaban J connectivity index is 1.60. The summed E-state index contributed by atoms with van der Waals surface area (Å²) in [6.45, 7) is 9.19. The van der Waals surface area contributed by atoms with E-state index in [2.05, 4.69) is 20.2 Å². The molecule has 0 saturated carbocycles. The number of thiocarbonyl (C=S) groups is 1. The number of aryl methyl sites for hydroxylation is 2. The largest absolute Gasteiger partial charge is 0.492 e. The Labute approximate surface area is 177 Å². The van der Waals surface area contributed by atoms with Crippen LogP contribution in [0.15, 0.2) is 24.3 Å². The van der Waals surface area contributed by atoms with Gasteiger partial charge in [-0.3, -0.25) is 9.58 Å². The molecule has 2 aromatic rings. The van der Waals surface area contributed by atoms with Crippen LogP contribution >= 0.6 is 23.8 Å². The maximum absolute atomic E-state index is 6.40. The van der Waals surface area contributed by atoms with Gasteiger partial charge in [0.1, 0.15) is 10.9 Å². The molecule has 1 saturated heterocycles. The van der Waals surface area contributed by atoms with Gasteiger partial charge in [0.2, 0.25) is 0 Å². The molecule has 0 radical (unpaired) electrons. The molecule has 8 heteroatoms. The van der Waals surface area contributed by atoms with Crippen LogP contribution in [0.1, 0.15) is 24.6 Å². The summed E-state index contributed by atoms with van der Waals surface area (Å²) in [5, 5.41) is 9.24. The first-order valence-corrected chi connectivity index (χ1v) is 10.5. The van der Waals surface area contributed by atoms with Crippen LogP contribution in [0.2, 0.25) is 5.15 Å². The maximum atomic E-state index is 6.40. The van der Waals surface area contributed by atoms with Crippen LogP contribution in [0.3, 0.4) is 0 Å². The normalized spacial score (nSPS) is 15.4. The van der Waals surface area contributed by atoms with Gasteiger partial charge < -0.3 is 15.0 Å². The first kappa shape index (κ1) is 20.9. The molecule has 0 spiro atoms. The van der Waals surface area contributed by atoms with Gasteiger partial charge in [-0.1, -0.05) is 23.7 Å². The Hall–Kier alpha value is -1.83. The van der Waals surface area contributed by atoms with E-state index in [1.54, 1.807) is 4.68 Å². The molecule has 152 valence electrons. The third-order valence-electron chi connectivity index (χ3n) is 4.96. The zero-order valence-electron chi connectivity index (χ0n) is 16.7. The van der Waals surface area contributed by atoms with Crippen molar-refractivity contribution in [2.24, 2.45) is 7.05 Å². The molecule has 1 aromatic heterocycles. The number of nitrogens with one attached hydrogen (secondary N) is 1. The Morgan fingerprint density at radius 3 is 2.75 bits per heavy atom. The first-order chi connectivity index (χ1) is 13.5. The predicted molar refractivity (Wildman–Crippen MR) is 118 cm³/mol. The molecular weight excluding hydrogens is 394 g/mol. The SMILES string of the molecule is CCOc1ccccc1NC(=S)N1CCCN(Cc2c(C)nn(C)c2Cl)CC1. The van der Waals surface area contributed by atoms with E-state index in [0.29, 0.717) is 6.61 Å². The van der Waals surface area contributed by atoms with Crippen molar-refractivity contribution in [1.29, 1.82) is 0 Å². The van der Waals surface area contributed by atoms with E-state index in [1.807, 2.05) is 45.2 Å². The molecule has 6 nitrogen and oxygen atoms in total. The number of hydrogen-bond acceptors (Lipinski definition) is 4. The van der Waals surface area contributed by atoms with Crippen molar-refractivity contribution in [3.05, 3.63) is 40.7 Å². The first-order valence-electron chi connectivity index (χ1n) is 9.67. The molecule has 1 aliphatic rings. The lowest BCUT2D eigenvalue weighted by Gasteiger charge is -2.25. The molecule has 2 heterocycles. The Morgan fingerprint density at radius 1 is 1.25 bits per heavy atom. The van der Waals surface area contributed by atoms with E-state index in [-0.39, 0.29) is 0 Å². The third-order valence-corrected chi connectivity index (χ3v) is 5.79. The monoisotopic (exact) mass is 421 g/mol. The second-order valence-electron chi connectivity index (χ2n) is 6.95. The standard InChI is InChI=1S/C20H28ClN5OS/c1-4-27-18-9-6-5-8-17(18)22-20(28)26-11-7-10-25(12-13-26)14-16-15(2)23-24(3)19(16)21/h5-6,8-9H,4,7,10-14H2,1-3H3,(H,22,28). The fourth-order valence-electron chi connectivity index (χ4n) is 3.45. The minimum Gasteiger partial charge on any atom is -0.492 e. The molecule has 0 atom stereocenters. The smallest absolute Gasteiger partial charge is 0.173 e. The summed E-state index contributed by atoms with van der Waals surface area (Å²) in [4.78, 5) is 4.66. The lowest BCUT2D eigenvalue weighted by atomic mass is 10.2. The van der Waals surface area contributed by atoms with E-state index in [9.17, 15) is 0 Å². The van der Waals surface area contributed by atoms with Crippen LogP contribution < -0.4 is 10.1 Å². The van der Waals surface area contributed by atoms with Crippen molar-refractivity contribution >= 4 is 34.6 Å². The molecule has 1 aliphatic heterocycles. The number of halogens is 1. The summed E-state index contributed by atoms with van der Waals surface area (Å²) >= 11 is 12.1. The number of para-hydroxylation sites is 2. The molecule has 1 fully saturated rings. The van der Waals surface area contributed by atoms with Gasteiger partial charge in [0.25, 0.3) is 0 Å². The van der Waals surface area contributed by atoms with E-state index in [0.717, 1.165) is 72.1 Å². The summed E-state index contributed by atoms with van der Waals surface area (Å²) in [5.74, 6) is 0.825. The molecule has 0 aliphatic carbocycles. The molecule has 28 heavy (non-hydrogen) atoms.